The average Bonchev–Trinajstić information content (AvgIpc) is 2.64. The van der Waals surface area contributed by atoms with E-state index in [1.807, 2.05) is 4.90 Å². The molecule has 2 aliphatic heterocycles. The first-order chi connectivity index (χ1) is 12.5. The molecule has 1 spiro atoms. The molecular weight excluding hydrogens is 336 g/mol. The summed E-state index contributed by atoms with van der Waals surface area (Å²) in [5.41, 5.74) is -0.552. The molecule has 1 aliphatic carbocycles. The van der Waals surface area contributed by atoms with Crippen LogP contribution in [0.15, 0.2) is 18.7 Å². The molecule has 3 aliphatic rings. The number of carbonyl (C=O) groups is 2. The van der Waals surface area contributed by atoms with E-state index in [9.17, 15) is 14.7 Å². The molecule has 0 aromatic carbocycles. The molecule has 1 N–H and O–H groups in total. The van der Waals surface area contributed by atoms with E-state index in [1.165, 1.54) is 6.33 Å². The van der Waals surface area contributed by atoms with E-state index in [4.69, 9.17) is 4.74 Å². The van der Waals surface area contributed by atoms with Crippen LogP contribution in [-0.4, -0.2) is 69.2 Å². The SMILES string of the molecule is O=C(CC1(O)CCC1)N1CCC2(CC1)CN(c1cncnc1)C(=O)CO2. The van der Waals surface area contributed by atoms with E-state index in [-0.39, 0.29) is 24.8 Å². The molecule has 0 bridgehead atoms. The third-order valence-corrected chi connectivity index (χ3v) is 5.90. The normalized spacial score (nSPS) is 24.4. The number of carbonyl (C=O) groups excluding carboxylic acids is 2. The van der Waals surface area contributed by atoms with Gasteiger partial charge in [0.1, 0.15) is 12.9 Å². The Kier molecular flexibility index (Phi) is 4.40. The minimum absolute atomic E-state index is 0.0160. The fraction of sp³-hybridized carbons (Fsp3) is 0.667. The fourth-order valence-electron chi connectivity index (χ4n) is 4.00. The Morgan fingerprint density at radius 3 is 2.50 bits per heavy atom. The summed E-state index contributed by atoms with van der Waals surface area (Å²) in [5, 5.41) is 10.2. The molecule has 2 amide bonds. The molecule has 0 atom stereocenters. The van der Waals surface area contributed by atoms with Crippen LogP contribution in [0.5, 0.6) is 0 Å². The quantitative estimate of drug-likeness (QED) is 0.844. The first kappa shape index (κ1) is 17.4. The standard InChI is InChI=1S/C18H24N4O4/c23-15(8-17(25)2-1-3-17)21-6-4-18(5-7-21)12-22(16(24)11-26-18)14-9-19-13-20-10-14/h9-10,13,25H,1-8,11-12H2. The van der Waals surface area contributed by atoms with Crippen molar-refractivity contribution in [1.29, 1.82) is 0 Å². The minimum atomic E-state index is -0.788. The van der Waals surface area contributed by atoms with E-state index < -0.39 is 11.2 Å². The number of anilines is 1. The molecule has 0 radical (unpaired) electrons. The Morgan fingerprint density at radius 2 is 1.88 bits per heavy atom. The Bertz CT molecular complexity index is 684. The second-order valence-corrected chi connectivity index (χ2v) is 7.68. The van der Waals surface area contributed by atoms with Crippen molar-refractivity contribution in [1.82, 2.24) is 14.9 Å². The van der Waals surface area contributed by atoms with Crippen LogP contribution < -0.4 is 4.90 Å². The van der Waals surface area contributed by atoms with Crippen LogP contribution in [0, 0.1) is 0 Å². The maximum absolute atomic E-state index is 12.5. The van der Waals surface area contributed by atoms with Gasteiger partial charge in [0.05, 0.1) is 42.2 Å². The number of aliphatic hydroxyl groups is 1. The molecule has 140 valence electrons. The van der Waals surface area contributed by atoms with E-state index in [1.54, 1.807) is 17.3 Å². The summed E-state index contributed by atoms with van der Waals surface area (Å²) in [4.78, 5) is 36.2. The van der Waals surface area contributed by atoms with Crippen LogP contribution in [0.25, 0.3) is 0 Å². The number of rotatable bonds is 3. The molecule has 26 heavy (non-hydrogen) atoms. The molecule has 4 rings (SSSR count). The lowest BCUT2D eigenvalue weighted by Gasteiger charge is -2.47. The van der Waals surface area contributed by atoms with Crippen molar-refractivity contribution < 1.29 is 19.4 Å². The molecule has 3 fully saturated rings. The maximum atomic E-state index is 12.5. The first-order valence-corrected chi connectivity index (χ1v) is 9.18. The summed E-state index contributed by atoms with van der Waals surface area (Å²) < 4.78 is 5.91. The number of ether oxygens (including phenoxy) is 1. The van der Waals surface area contributed by atoms with E-state index in [0.717, 1.165) is 19.3 Å². The number of morpholine rings is 1. The van der Waals surface area contributed by atoms with Crippen LogP contribution in [0.4, 0.5) is 5.69 Å². The lowest BCUT2D eigenvalue weighted by Crippen LogP contribution is -2.59. The minimum Gasteiger partial charge on any atom is -0.389 e. The van der Waals surface area contributed by atoms with Crippen LogP contribution in [-0.2, 0) is 14.3 Å². The third kappa shape index (κ3) is 3.31. The van der Waals surface area contributed by atoms with Gasteiger partial charge in [-0.15, -0.1) is 0 Å². The lowest BCUT2D eigenvalue weighted by molar-refractivity contribution is -0.154. The Labute approximate surface area is 152 Å². The number of hydrogen-bond acceptors (Lipinski definition) is 6. The van der Waals surface area contributed by atoms with Gasteiger partial charge in [0.15, 0.2) is 0 Å². The molecule has 1 aromatic rings. The molecule has 0 unspecified atom stereocenters. The Morgan fingerprint density at radius 1 is 1.19 bits per heavy atom. The Hall–Kier alpha value is -2.06. The number of likely N-dealkylation sites (tertiary alicyclic amines) is 1. The highest BCUT2D eigenvalue weighted by Gasteiger charge is 2.44. The highest BCUT2D eigenvalue weighted by molar-refractivity contribution is 5.94. The van der Waals surface area contributed by atoms with Gasteiger partial charge in [0.25, 0.3) is 5.91 Å². The van der Waals surface area contributed by atoms with Crippen LogP contribution >= 0.6 is 0 Å². The van der Waals surface area contributed by atoms with Gasteiger partial charge in [-0.1, -0.05) is 0 Å². The molecule has 1 saturated carbocycles. The zero-order valence-electron chi connectivity index (χ0n) is 14.8. The van der Waals surface area contributed by atoms with Crippen LogP contribution in [0.3, 0.4) is 0 Å². The monoisotopic (exact) mass is 360 g/mol. The highest BCUT2D eigenvalue weighted by atomic mass is 16.5. The van der Waals surface area contributed by atoms with Crippen LogP contribution in [0.2, 0.25) is 0 Å². The maximum Gasteiger partial charge on any atom is 0.253 e. The highest BCUT2D eigenvalue weighted by Crippen LogP contribution is 2.36. The van der Waals surface area contributed by atoms with Gasteiger partial charge in [0.2, 0.25) is 5.91 Å². The van der Waals surface area contributed by atoms with E-state index in [0.29, 0.717) is 38.2 Å². The van der Waals surface area contributed by atoms with Crippen LogP contribution in [0.1, 0.15) is 38.5 Å². The average molecular weight is 360 g/mol. The van der Waals surface area contributed by atoms with Gasteiger partial charge in [-0.25, -0.2) is 9.97 Å². The summed E-state index contributed by atoms with van der Waals surface area (Å²) in [5.74, 6) is -0.0848. The number of aromatic nitrogens is 2. The molecule has 2 saturated heterocycles. The largest absolute Gasteiger partial charge is 0.389 e. The summed E-state index contributed by atoms with van der Waals surface area (Å²) in [6.07, 6.45) is 8.68. The molecular formula is C18H24N4O4. The van der Waals surface area contributed by atoms with Gasteiger partial charge in [-0.05, 0) is 32.1 Å². The summed E-state index contributed by atoms with van der Waals surface area (Å²) in [6.45, 7) is 1.65. The predicted molar refractivity (Wildman–Crippen MR) is 92.3 cm³/mol. The zero-order chi connectivity index (χ0) is 18.2. The summed E-state index contributed by atoms with van der Waals surface area (Å²) in [6, 6.07) is 0. The van der Waals surface area contributed by atoms with Crippen molar-refractivity contribution in [2.75, 3.05) is 31.1 Å². The number of hydrogen-bond donors (Lipinski definition) is 1. The van der Waals surface area contributed by atoms with Crippen molar-refractivity contribution in [2.45, 2.75) is 49.7 Å². The molecule has 8 nitrogen and oxygen atoms in total. The molecule has 3 heterocycles. The Balaban J connectivity index is 1.38. The molecule has 1 aromatic heterocycles. The van der Waals surface area contributed by atoms with Gasteiger partial charge < -0.3 is 19.6 Å². The van der Waals surface area contributed by atoms with E-state index >= 15 is 0 Å². The second-order valence-electron chi connectivity index (χ2n) is 7.68. The number of nitrogens with zero attached hydrogens (tertiary/aromatic N) is 4. The number of amides is 2. The van der Waals surface area contributed by atoms with Gasteiger partial charge in [0, 0.05) is 13.1 Å². The predicted octanol–water partition coefficient (Wildman–Crippen LogP) is 0.506. The van der Waals surface area contributed by atoms with Gasteiger partial charge in [-0.3, -0.25) is 9.59 Å². The van der Waals surface area contributed by atoms with Gasteiger partial charge in [-0.2, -0.15) is 0 Å². The topological polar surface area (TPSA) is 95.9 Å². The fourth-order valence-corrected chi connectivity index (χ4v) is 4.00. The lowest BCUT2D eigenvalue weighted by atomic mass is 9.77. The summed E-state index contributed by atoms with van der Waals surface area (Å²) >= 11 is 0. The van der Waals surface area contributed by atoms with E-state index in [2.05, 4.69) is 9.97 Å². The zero-order valence-corrected chi connectivity index (χ0v) is 14.8. The number of piperidine rings is 1. The van der Waals surface area contributed by atoms with Crippen molar-refractivity contribution in [3.05, 3.63) is 18.7 Å². The smallest absolute Gasteiger partial charge is 0.253 e. The second kappa shape index (κ2) is 6.59. The van der Waals surface area contributed by atoms with Crippen molar-refractivity contribution >= 4 is 17.5 Å². The molecule has 8 heteroatoms. The van der Waals surface area contributed by atoms with Gasteiger partial charge >= 0.3 is 0 Å². The van der Waals surface area contributed by atoms with Crippen molar-refractivity contribution in [2.24, 2.45) is 0 Å². The first-order valence-electron chi connectivity index (χ1n) is 9.18. The summed E-state index contributed by atoms with van der Waals surface area (Å²) in [7, 11) is 0. The van der Waals surface area contributed by atoms with Crippen molar-refractivity contribution in [3.8, 4) is 0 Å². The van der Waals surface area contributed by atoms with Crippen molar-refractivity contribution in [3.63, 3.8) is 0 Å². The third-order valence-electron chi connectivity index (χ3n) is 5.90.